The zero-order chi connectivity index (χ0) is 12.5. The molecule has 1 heteroatoms. The van der Waals surface area contributed by atoms with E-state index in [0.29, 0.717) is 11.7 Å². The summed E-state index contributed by atoms with van der Waals surface area (Å²) in [7, 11) is 0. The summed E-state index contributed by atoms with van der Waals surface area (Å²) in [6, 6.07) is 0. The SMILES string of the molecule is CCCCCCCCC(=O)C1C2C3CCC(C3)C12. The molecule has 0 amide bonds. The van der Waals surface area contributed by atoms with Crippen molar-refractivity contribution in [3.05, 3.63) is 0 Å². The van der Waals surface area contributed by atoms with Crippen molar-refractivity contribution < 1.29 is 4.79 Å². The molecule has 3 fully saturated rings. The second-order valence-electron chi connectivity index (χ2n) is 7.00. The zero-order valence-electron chi connectivity index (χ0n) is 11.9. The molecule has 4 unspecified atom stereocenters. The molecule has 3 aliphatic rings. The Hall–Kier alpha value is -0.330. The number of rotatable bonds is 8. The maximum absolute atomic E-state index is 12.2. The molecule has 0 aromatic carbocycles. The number of carbonyl (C=O) groups is 1. The molecule has 102 valence electrons. The number of unbranched alkanes of at least 4 members (excludes halogenated alkanes) is 5. The molecule has 18 heavy (non-hydrogen) atoms. The zero-order valence-corrected chi connectivity index (χ0v) is 11.9. The second kappa shape index (κ2) is 5.35. The second-order valence-corrected chi connectivity index (χ2v) is 7.00. The van der Waals surface area contributed by atoms with E-state index in [-0.39, 0.29) is 0 Å². The van der Waals surface area contributed by atoms with Crippen molar-refractivity contribution in [3.63, 3.8) is 0 Å². The summed E-state index contributed by atoms with van der Waals surface area (Å²) in [4.78, 5) is 12.2. The van der Waals surface area contributed by atoms with Crippen LogP contribution in [0.5, 0.6) is 0 Å². The largest absolute Gasteiger partial charge is 0.299 e. The van der Waals surface area contributed by atoms with Crippen LogP contribution in [-0.2, 0) is 4.79 Å². The Bertz CT molecular complexity index is 293. The van der Waals surface area contributed by atoms with Crippen LogP contribution < -0.4 is 0 Å². The summed E-state index contributed by atoms with van der Waals surface area (Å²) in [5.41, 5.74) is 0. The molecular weight excluding hydrogens is 220 g/mol. The molecule has 0 heterocycles. The summed E-state index contributed by atoms with van der Waals surface area (Å²) in [5.74, 6) is 4.80. The van der Waals surface area contributed by atoms with E-state index < -0.39 is 0 Å². The standard InChI is InChI=1S/C17H28O/c1-2-3-4-5-6-7-8-14(18)17-15-12-9-10-13(11-12)16(15)17/h12-13,15-17H,2-11H2,1H3. The highest BCUT2D eigenvalue weighted by Crippen LogP contribution is 2.69. The van der Waals surface area contributed by atoms with Gasteiger partial charge in [-0.2, -0.15) is 0 Å². The van der Waals surface area contributed by atoms with Crippen LogP contribution in [0.3, 0.4) is 0 Å². The topological polar surface area (TPSA) is 17.1 Å². The highest BCUT2D eigenvalue weighted by molar-refractivity contribution is 5.84. The number of hydrogen-bond donors (Lipinski definition) is 0. The Labute approximate surface area is 112 Å². The molecule has 3 saturated carbocycles. The van der Waals surface area contributed by atoms with Crippen molar-refractivity contribution in [3.8, 4) is 0 Å². The molecule has 0 spiro atoms. The smallest absolute Gasteiger partial charge is 0.136 e. The number of Topliss-reactive ketones (excluding diaryl/α,β-unsaturated/α-hetero) is 1. The molecule has 0 aliphatic heterocycles. The Kier molecular flexibility index (Phi) is 3.77. The monoisotopic (exact) mass is 248 g/mol. The summed E-state index contributed by atoms with van der Waals surface area (Å²) in [6.45, 7) is 2.25. The van der Waals surface area contributed by atoms with E-state index >= 15 is 0 Å². The van der Waals surface area contributed by atoms with Crippen molar-refractivity contribution in [1.29, 1.82) is 0 Å². The van der Waals surface area contributed by atoms with Crippen LogP contribution in [0.25, 0.3) is 0 Å². The highest BCUT2D eigenvalue weighted by Gasteiger charge is 2.66. The third-order valence-electron chi connectivity index (χ3n) is 5.88. The molecule has 0 N–H and O–H groups in total. The maximum Gasteiger partial charge on any atom is 0.136 e. The van der Waals surface area contributed by atoms with Gasteiger partial charge in [0.25, 0.3) is 0 Å². The van der Waals surface area contributed by atoms with E-state index in [1.54, 1.807) is 0 Å². The van der Waals surface area contributed by atoms with Gasteiger partial charge in [-0.1, -0.05) is 39.0 Å². The van der Waals surface area contributed by atoms with Crippen molar-refractivity contribution in [2.24, 2.45) is 29.6 Å². The molecule has 0 radical (unpaired) electrons. The summed E-state index contributed by atoms with van der Waals surface area (Å²) < 4.78 is 0. The molecule has 2 bridgehead atoms. The van der Waals surface area contributed by atoms with Crippen molar-refractivity contribution in [2.45, 2.75) is 71.1 Å². The van der Waals surface area contributed by atoms with Gasteiger partial charge in [0.1, 0.15) is 5.78 Å². The van der Waals surface area contributed by atoms with Crippen LogP contribution in [0.15, 0.2) is 0 Å². The number of carbonyl (C=O) groups excluding carboxylic acids is 1. The van der Waals surface area contributed by atoms with Crippen molar-refractivity contribution in [2.75, 3.05) is 0 Å². The van der Waals surface area contributed by atoms with Crippen molar-refractivity contribution in [1.82, 2.24) is 0 Å². The van der Waals surface area contributed by atoms with Gasteiger partial charge in [0.15, 0.2) is 0 Å². The van der Waals surface area contributed by atoms with Gasteiger partial charge in [0, 0.05) is 12.3 Å². The van der Waals surface area contributed by atoms with Gasteiger partial charge >= 0.3 is 0 Å². The Morgan fingerprint density at radius 2 is 1.56 bits per heavy atom. The Morgan fingerprint density at radius 3 is 2.22 bits per heavy atom. The summed E-state index contributed by atoms with van der Waals surface area (Å²) in [6.07, 6.45) is 13.1. The predicted molar refractivity (Wildman–Crippen MR) is 74.3 cm³/mol. The van der Waals surface area contributed by atoms with Gasteiger partial charge in [0.05, 0.1) is 0 Å². The first-order valence-electron chi connectivity index (χ1n) is 8.35. The van der Waals surface area contributed by atoms with E-state index in [2.05, 4.69) is 6.92 Å². The minimum atomic E-state index is 0.534. The summed E-state index contributed by atoms with van der Waals surface area (Å²) >= 11 is 0. The first-order chi connectivity index (χ1) is 8.83. The lowest BCUT2D eigenvalue weighted by Gasteiger charge is -2.07. The Balaban J connectivity index is 1.32. The maximum atomic E-state index is 12.2. The third kappa shape index (κ3) is 2.26. The average Bonchev–Trinajstić information content (AvgIpc) is 2.82. The number of hydrogen-bond acceptors (Lipinski definition) is 1. The minimum absolute atomic E-state index is 0.534. The van der Waals surface area contributed by atoms with Crippen LogP contribution in [0, 0.1) is 29.6 Å². The number of fused-ring (bicyclic) bond motifs is 5. The van der Waals surface area contributed by atoms with E-state index in [1.807, 2.05) is 0 Å². The van der Waals surface area contributed by atoms with E-state index in [1.165, 1.54) is 51.4 Å². The fourth-order valence-electron chi connectivity index (χ4n) is 5.00. The van der Waals surface area contributed by atoms with Gasteiger partial charge in [-0.15, -0.1) is 0 Å². The average molecular weight is 248 g/mol. The van der Waals surface area contributed by atoms with Gasteiger partial charge in [-0.05, 0) is 49.4 Å². The normalized spacial score (nSPS) is 39.9. The van der Waals surface area contributed by atoms with Gasteiger partial charge in [-0.3, -0.25) is 4.79 Å². The molecular formula is C17H28O. The van der Waals surface area contributed by atoms with E-state index in [0.717, 1.165) is 36.5 Å². The molecule has 0 aromatic rings. The third-order valence-corrected chi connectivity index (χ3v) is 5.88. The first kappa shape index (κ1) is 12.7. The van der Waals surface area contributed by atoms with Gasteiger partial charge < -0.3 is 0 Å². The fourth-order valence-corrected chi connectivity index (χ4v) is 5.00. The first-order valence-corrected chi connectivity index (χ1v) is 8.35. The number of ketones is 1. The fraction of sp³-hybridized carbons (Fsp3) is 0.941. The molecule has 0 saturated heterocycles. The van der Waals surface area contributed by atoms with Gasteiger partial charge in [0.2, 0.25) is 0 Å². The minimum Gasteiger partial charge on any atom is -0.299 e. The van der Waals surface area contributed by atoms with E-state index in [9.17, 15) is 4.79 Å². The van der Waals surface area contributed by atoms with Crippen LogP contribution in [0.1, 0.15) is 71.1 Å². The lowest BCUT2D eigenvalue weighted by atomic mass is 9.97. The molecule has 1 nitrogen and oxygen atoms in total. The van der Waals surface area contributed by atoms with E-state index in [4.69, 9.17) is 0 Å². The molecule has 0 aromatic heterocycles. The molecule has 3 aliphatic carbocycles. The predicted octanol–water partition coefficient (Wildman–Crippen LogP) is 4.60. The van der Waals surface area contributed by atoms with Crippen LogP contribution in [0.4, 0.5) is 0 Å². The van der Waals surface area contributed by atoms with Gasteiger partial charge in [-0.25, -0.2) is 0 Å². The van der Waals surface area contributed by atoms with Crippen molar-refractivity contribution >= 4 is 5.78 Å². The highest BCUT2D eigenvalue weighted by atomic mass is 16.1. The lowest BCUT2D eigenvalue weighted by molar-refractivity contribution is -0.121. The van der Waals surface area contributed by atoms with Crippen LogP contribution >= 0.6 is 0 Å². The van der Waals surface area contributed by atoms with Crippen LogP contribution in [0.2, 0.25) is 0 Å². The molecule has 4 atom stereocenters. The summed E-state index contributed by atoms with van der Waals surface area (Å²) in [5, 5.41) is 0. The van der Waals surface area contributed by atoms with Crippen LogP contribution in [-0.4, -0.2) is 5.78 Å². The Morgan fingerprint density at radius 1 is 0.944 bits per heavy atom. The quantitative estimate of drug-likeness (QED) is 0.574. The molecule has 3 rings (SSSR count). The lowest BCUT2D eigenvalue weighted by Crippen LogP contribution is -2.09.